The Labute approximate surface area is 121 Å². The lowest BCUT2D eigenvalue weighted by Crippen LogP contribution is -2.20. The molecule has 0 aliphatic rings. The number of allylic oxidation sites excluding steroid dienone is 1. The third kappa shape index (κ3) is 8.73. The molecule has 0 heterocycles. The van der Waals surface area contributed by atoms with E-state index < -0.39 is 17.9 Å². The highest BCUT2D eigenvalue weighted by Gasteiger charge is 2.24. The SMILES string of the molecule is CCCCC=C(CCCCCC)C(CC(=O)O)C(=O)O. The molecule has 1 atom stereocenters. The van der Waals surface area contributed by atoms with Crippen molar-refractivity contribution in [2.75, 3.05) is 0 Å². The number of carboxylic acids is 2. The van der Waals surface area contributed by atoms with E-state index in [0.29, 0.717) is 6.42 Å². The fourth-order valence-electron chi connectivity index (χ4n) is 2.22. The van der Waals surface area contributed by atoms with E-state index in [4.69, 9.17) is 5.11 Å². The van der Waals surface area contributed by atoms with Crippen LogP contribution in [0, 0.1) is 5.92 Å². The summed E-state index contributed by atoms with van der Waals surface area (Å²) in [4.78, 5) is 22.1. The van der Waals surface area contributed by atoms with Crippen molar-refractivity contribution in [2.45, 2.75) is 71.6 Å². The molecule has 0 saturated carbocycles. The fourth-order valence-corrected chi connectivity index (χ4v) is 2.22. The van der Waals surface area contributed by atoms with Crippen molar-refractivity contribution in [1.29, 1.82) is 0 Å². The van der Waals surface area contributed by atoms with Gasteiger partial charge < -0.3 is 10.2 Å². The number of aliphatic carboxylic acids is 2. The van der Waals surface area contributed by atoms with E-state index >= 15 is 0 Å². The van der Waals surface area contributed by atoms with Crippen LogP contribution in [-0.4, -0.2) is 22.2 Å². The molecule has 0 aromatic heterocycles. The number of hydrogen-bond donors (Lipinski definition) is 2. The van der Waals surface area contributed by atoms with Crippen LogP contribution in [0.15, 0.2) is 11.6 Å². The summed E-state index contributed by atoms with van der Waals surface area (Å²) >= 11 is 0. The number of unbranched alkanes of at least 4 members (excludes halogenated alkanes) is 5. The smallest absolute Gasteiger partial charge is 0.311 e. The van der Waals surface area contributed by atoms with Crippen molar-refractivity contribution < 1.29 is 19.8 Å². The van der Waals surface area contributed by atoms with Crippen molar-refractivity contribution >= 4 is 11.9 Å². The van der Waals surface area contributed by atoms with E-state index in [0.717, 1.165) is 50.5 Å². The molecule has 0 aromatic carbocycles. The monoisotopic (exact) mass is 284 g/mol. The predicted molar refractivity (Wildman–Crippen MR) is 79.7 cm³/mol. The van der Waals surface area contributed by atoms with Crippen molar-refractivity contribution in [2.24, 2.45) is 5.92 Å². The van der Waals surface area contributed by atoms with Gasteiger partial charge in [-0.1, -0.05) is 57.6 Å². The first kappa shape index (κ1) is 18.7. The van der Waals surface area contributed by atoms with Gasteiger partial charge in [0.2, 0.25) is 0 Å². The number of hydrogen-bond acceptors (Lipinski definition) is 2. The van der Waals surface area contributed by atoms with Gasteiger partial charge in [0.1, 0.15) is 0 Å². The molecule has 20 heavy (non-hydrogen) atoms. The summed E-state index contributed by atoms with van der Waals surface area (Å²) in [5.41, 5.74) is 0.796. The molecule has 0 saturated heterocycles. The summed E-state index contributed by atoms with van der Waals surface area (Å²) in [6.07, 6.45) is 9.52. The summed E-state index contributed by atoms with van der Waals surface area (Å²) in [6, 6.07) is 0. The Morgan fingerprint density at radius 1 is 1.00 bits per heavy atom. The quantitative estimate of drug-likeness (QED) is 0.415. The van der Waals surface area contributed by atoms with Crippen LogP contribution in [0.5, 0.6) is 0 Å². The third-order valence-corrected chi connectivity index (χ3v) is 3.41. The van der Waals surface area contributed by atoms with Gasteiger partial charge in [0, 0.05) is 0 Å². The molecular weight excluding hydrogens is 256 g/mol. The molecule has 0 amide bonds. The molecule has 4 heteroatoms. The van der Waals surface area contributed by atoms with Crippen molar-refractivity contribution in [3.8, 4) is 0 Å². The molecule has 2 N–H and O–H groups in total. The van der Waals surface area contributed by atoms with Crippen LogP contribution in [0.2, 0.25) is 0 Å². The Bertz CT molecular complexity index is 320. The second-order valence-corrected chi connectivity index (χ2v) is 5.22. The van der Waals surface area contributed by atoms with Gasteiger partial charge in [0.05, 0.1) is 12.3 Å². The molecule has 116 valence electrons. The van der Waals surface area contributed by atoms with Gasteiger partial charge in [0.25, 0.3) is 0 Å². The lowest BCUT2D eigenvalue weighted by molar-refractivity contribution is -0.147. The largest absolute Gasteiger partial charge is 0.481 e. The van der Waals surface area contributed by atoms with Gasteiger partial charge >= 0.3 is 11.9 Å². The third-order valence-electron chi connectivity index (χ3n) is 3.41. The lowest BCUT2D eigenvalue weighted by atomic mass is 9.90. The second-order valence-electron chi connectivity index (χ2n) is 5.22. The minimum absolute atomic E-state index is 0.318. The van der Waals surface area contributed by atoms with Gasteiger partial charge in [-0.3, -0.25) is 9.59 Å². The van der Waals surface area contributed by atoms with E-state index in [1.807, 2.05) is 6.08 Å². The van der Waals surface area contributed by atoms with Crippen LogP contribution in [0.1, 0.15) is 71.6 Å². The molecule has 0 fully saturated rings. The first-order chi connectivity index (χ1) is 9.52. The Kier molecular flexibility index (Phi) is 10.7. The van der Waals surface area contributed by atoms with Crippen molar-refractivity contribution in [3.05, 3.63) is 11.6 Å². The highest BCUT2D eigenvalue weighted by molar-refractivity contribution is 5.80. The normalized spacial score (nSPS) is 13.2. The fraction of sp³-hybridized carbons (Fsp3) is 0.750. The highest BCUT2D eigenvalue weighted by Crippen LogP contribution is 2.23. The van der Waals surface area contributed by atoms with E-state index in [-0.39, 0.29) is 6.42 Å². The zero-order valence-electron chi connectivity index (χ0n) is 12.7. The maximum atomic E-state index is 11.3. The number of carbonyl (C=O) groups is 2. The molecule has 0 aromatic rings. The standard InChI is InChI=1S/C16H28O4/c1-3-5-7-9-11-13(10-8-6-4-2)14(16(19)20)12-15(17)18/h10,14H,3-9,11-12H2,1-2H3,(H,17,18)(H,19,20). The first-order valence-electron chi connectivity index (χ1n) is 7.66. The van der Waals surface area contributed by atoms with Crippen LogP contribution >= 0.6 is 0 Å². The molecule has 1 unspecified atom stereocenters. The zero-order chi connectivity index (χ0) is 15.4. The Balaban J connectivity index is 4.71. The second kappa shape index (κ2) is 11.5. The van der Waals surface area contributed by atoms with Crippen LogP contribution in [0.25, 0.3) is 0 Å². The first-order valence-corrected chi connectivity index (χ1v) is 7.66. The molecule has 0 spiro atoms. The van der Waals surface area contributed by atoms with E-state index in [2.05, 4.69) is 13.8 Å². The average Bonchev–Trinajstić information content (AvgIpc) is 2.39. The van der Waals surface area contributed by atoms with Gasteiger partial charge in [0.15, 0.2) is 0 Å². The Morgan fingerprint density at radius 2 is 1.65 bits per heavy atom. The number of carboxylic acid groups (broad SMARTS) is 2. The lowest BCUT2D eigenvalue weighted by Gasteiger charge is -2.15. The summed E-state index contributed by atoms with van der Waals surface area (Å²) in [5.74, 6) is -2.94. The molecule has 0 bridgehead atoms. The van der Waals surface area contributed by atoms with Crippen molar-refractivity contribution in [1.82, 2.24) is 0 Å². The summed E-state index contributed by atoms with van der Waals surface area (Å²) in [5, 5.41) is 18.1. The van der Waals surface area contributed by atoms with Crippen LogP contribution < -0.4 is 0 Å². The summed E-state index contributed by atoms with van der Waals surface area (Å²) in [7, 11) is 0. The van der Waals surface area contributed by atoms with Gasteiger partial charge in [-0.15, -0.1) is 0 Å². The van der Waals surface area contributed by atoms with Crippen LogP contribution in [-0.2, 0) is 9.59 Å². The van der Waals surface area contributed by atoms with Crippen LogP contribution in [0.3, 0.4) is 0 Å². The Morgan fingerprint density at radius 3 is 2.15 bits per heavy atom. The topological polar surface area (TPSA) is 74.6 Å². The van der Waals surface area contributed by atoms with Gasteiger partial charge in [-0.25, -0.2) is 0 Å². The molecule has 4 nitrogen and oxygen atoms in total. The Hall–Kier alpha value is -1.32. The molecular formula is C16H28O4. The van der Waals surface area contributed by atoms with E-state index in [9.17, 15) is 14.7 Å². The highest BCUT2D eigenvalue weighted by atomic mass is 16.4. The average molecular weight is 284 g/mol. The molecule has 0 aliphatic heterocycles. The van der Waals surface area contributed by atoms with Gasteiger partial charge in [-0.05, 0) is 19.3 Å². The molecule has 0 aliphatic carbocycles. The van der Waals surface area contributed by atoms with Crippen molar-refractivity contribution in [3.63, 3.8) is 0 Å². The zero-order valence-corrected chi connectivity index (χ0v) is 12.7. The minimum atomic E-state index is -1.05. The molecule has 0 rings (SSSR count). The predicted octanol–water partition coefficient (Wildman–Crippen LogP) is 4.25. The molecule has 0 radical (unpaired) electrons. The van der Waals surface area contributed by atoms with Gasteiger partial charge in [-0.2, -0.15) is 0 Å². The van der Waals surface area contributed by atoms with E-state index in [1.165, 1.54) is 0 Å². The minimum Gasteiger partial charge on any atom is -0.481 e. The maximum absolute atomic E-state index is 11.3. The van der Waals surface area contributed by atoms with Crippen LogP contribution in [0.4, 0.5) is 0 Å². The summed E-state index contributed by atoms with van der Waals surface area (Å²) < 4.78 is 0. The summed E-state index contributed by atoms with van der Waals surface area (Å²) in [6.45, 7) is 4.21. The van der Waals surface area contributed by atoms with E-state index in [1.54, 1.807) is 0 Å². The number of rotatable bonds is 12. The maximum Gasteiger partial charge on any atom is 0.311 e.